The second kappa shape index (κ2) is 5.30. The zero-order valence-electron chi connectivity index (χ0n) is 7.98. The summed E-state index contributed by atoms with van der Waals surface area (Å²) in [7, 11) is 1.91. The molecule has 0 aromatic carbocycles. The first-order valence-corrected chi connectivity index (χ1v) is 4.23. The van der Waals surface area contributed by atoms with Crippen LogP contribution in [-0.4, -0.2) is 18.9 Å². The molecule has 0 aliphatic rings. The molecule has 0 heterocycles. The summed E-state index contributed by atoms with van der Waals surface area (Å²) in [4.78, 5) is 10.8. The van der Waals surface area contributed by atoms with Crippen molar-refractivity contribution in [3.05, 3.63) is 0 Å². The lowest BCUT2D eigenvalue weighted by Gasteiger charge is -2.16. The Morgan fingerprint density at radius 1 is 1.45 bits per heavy atom. The zero-order valence-corrected chi connectivity index (χ0v) is 7.98. The molecule has 0 saturated heterocycles. The highest BCUT2D eigenvalue weighted by Crippen LogP contribution is 2.07. The predicted octanol–water partition coefficient (Wildman–Crippen LogP) is 1.60. The van der Waals surface area contributed by atoms with Gasteiger partial charge < -0.3 is 5.32 Å². The highest BCUT2D eigenvalue weighted by atomic mass is 16.1. The Labute approximate surface area is 69.4 Å². The maximum absolute atomic E-state index is 10.8. The Morgan fingerprint density at radius 3 is 2.27 bits per heavy atom. The van der Waals surface area contributed by atoms with Crippen molar-refractivity contribution >= 4 is 5.78 Å². The van der Waals surface area contributed by atoms with E-state index in [-0.39, 0.29) is 5.78 Å². The van der Waals surface area contributed by atoms with Crippen LogP contribution in [0.5, 0.6) is 0 Å². The Hall–Kier alpha value is -0.370. The first-order chi connectivity index (χ1) is 5.06. The van der Waals surface area contributed by atoms with Gasteiger partial charge in [0.1, 0.15) is 5.78 Å². The first kappa shape index (κ1) is 10.6. The molecular weight excluding hydrogens is 138 g/mol. The highest BCUT2D eigenvalue weighted by molar-refractivity contribution is 5.76. The van der Waals surface area contributed by atoms with Crippen molar-refractivity contribution in [1.29, 1.82) is 0 Å². The third-order valence-corrected chi connectivity index (χ3v) is 1.70. The van der Waals surface area contributed by atoms with Gasteiger partial charge in [-0.2, -0.15) is 0 Å². The number of ketones is 1. The van der Waals surface area contributed by atoms with Gasteiger partial charge >= 0.3 is 0 Å². The average molecular weight is 157 g/mol. The van der Waals surface area contributed by atoms with Crippen molar-refractivity contribution in [2.24, 2.45) is 5.92 Å². The summed E-state index contributed by atoms with van der Waals surface area (Å²) in [6.45, 7) is 5.99. The van der Waals surface area contributed by atoms with Crippen LogP contribution < -0.4 is 5.32 Å². The number of carbonyl (C=O) groups excluding carboxylic acids is 1. The SMILES string of the molecule is CN[C@@H](CC(C)=O)CC(C)C. The van der Waals surface area contributed by atoms with Gasteiger partial charge in [0.25, 0.3) is 0 Å². The van der Waals surface area contributed by atoms with Crippen LogP contribution in [0, 0.1) is 5.92 Å². The highest BCUT2D eigenvalue weighted by Gasteiger charge is 2.09. The molecule has 2 nitrogen and oxygen atoms in total. The van der Waals surface area contributed by atoms with Crippen molar-refractivity contribution in [2.75, 3.05) is 7.05 Å². The average Bonchev–Trinajstić information content (AvgIpc) is 1.84. The van der Waals surface area contributed by atoms with Gasteiger partial charge in [-0.25, -0.2) is 0 Å². The van der Waals surface area contributed by atoms with Gasteiger partial charge in [-0.3, -0.25) is 4.79 Å². The van der Waals surface area contributed by atoms with Crippen molar-refractivity contribution in [3.63, 3.8) is 0 Å². The van der Waals surface area contributed by atoms with Crippen LogP contribution in [0.3, 0.4) is 0 Å². The normalized spacial score (nSPS) is 13.5. The van der Waals surface area contributed by atoms with Crippen molar-refractivity contribution in [3.8, 4) is 0 Å². The van der Waals surface area contributed by atoms with E-state index in [1.54, 1.807) is 6.92 Å². The molecular formula is C9H19NO. The van der Waals surface area contributed by atoms with Crippen LogP contribution in [0.4, 0.5) is 0 Å². The monoisotopic (exact) mass is 157 g/mol. The van der Waals surface area contributed by atoms with Crippen LogP contribution >= 0.6 is 0 Å². The van der Waals surface area contributed by atoms with Crippen LogP contribution in [0.1, 0.15) is 33.6 Å². The van der Waals surface area contributed by atoms with Gasteiger partial charge in [-0.1, -0.05) is 13.8 Å². The minimum atomic E-state index is 0.269. The Kier molecular flexibility index (Phi) is 5.12. The van der Waals surface area contributed by atoms with Gasteiger partial charge in [0, 0.05) is 12.5 Å². The molecule has 0 aromatic rings. The molecule has 11 heavy (non-hydrogen) atoms. The lowest BCUT2D eigenvalue weighted by atomic mass is 10.00. The van der Waals surface area contributed by atoms with Gasteiger partial charge in [0.05, 0.1) is 0 Å². The number of Topliss-reactive ketones (excluding diaryl/α,β-unsaturated/α-hetero) is 1. The van der Waals surface area contributed by atoms with Gasteiger partial charge in [0.2, 0.25) is 0 Å². The van der Waals surface area contributed by atoms with Crippen LogP contribution in [0.15, 0.2) is 0 Å². The molecule has 0 aromatic heterocycles. The molecule has 0 saturated carbocycles. The number of rotatable bonds is 5. The van der Waals surface area contributed by atoms with Crippen molar-refractivity contribution < 1.29 is 4.79 Å². The minimum Gasteiger partial charge on any atom is -0.317 e. The van der Waals surface area contributed by atoms with E-state index in [1.165, 1.54) is 0 Å². The minimum absolute atomic E-state index is 0.269. The number of nitrogens with one attached hydrogen (secondary N) is 1. The molecule has 0 aliphatic carbocycles. The molecule has 0 amide bonds. The zero-order chi connectivity index (χ0) is 8.85. The van der Waals surface area contributed by atoms with E-state index >= 15 is 0 Å². The second-order valence-corrected chi connectivity index (χ2v) is 3.52. The van der Waals surface area contributed by atoms with Crippen molar-refractivity contribution in [1.82, 2.24) is 5.32 Å². The fourth-order valence-electron chi connectivity index (χ4n) is 1.22. The summed E-state index contributed by atoms with van der Waals surface area (Å²) >= 11 is 0. The molecule has 0 rings (SSSR count). The largest absolute Gasteiger partial charge is 0.317 e. The summed E-state index contributed by atoms with van der Waals surface area (Å²) in [6.07, 6.45) is 1.74. The Morgan fingerprint density at radius 2 is 2.00 bits per heavy atom. The lowest BCUT2D eigenvalue weighted by molar-refractivity contribution is -0.117. The number of hydrogen-bond donors (Lipinski definition) is 1. The Bertz CT molecular complexity index is 121. The molecule has 0 spiro atoms. The number of hydrogen-bond acceptors (Lipinski definition) is 2. The quantitative estimate of drug-likeness (QED) is 0.656. The first-order valence-electron chi connectivity index (χ1n) is 4.23. The third-order valence-electron chi connectivity index (χ3n) is 1.70. The van der Waals surface area contributed by atoms with Gasteiger partial charge in [0.15, 0.2) is 0 Å². The summed E-state index contributed by atoms with van der Waals surface area (Å²) in [6, 6.07) is 0.368. The molecule has 0 radical (unpaired) electrons. The molecule has 66 valence electrons. The van der Waals surface area contributed by atoms with E-state index in [4.69, 9.17) is 0 Å². The second-order valence-electron chi connectivity index (χ2n) is 3.52. The smallest absolute Gasteiger partial charge is 0.131 e. The Balaban J connectivity index is 3.66. The predicted molar refractivity (Wildman–Crippen MR) is 47.6 cm³/mol. The van der Waals surface area contributed by atoms with Crippen LogP contribution in [0.25, 0.3) is 0 Å². The van der Waals surface area contributed by atoms with Gasteiger partial charge in [-0.15, -0.1) is 0 Å². The topological polar surface area (TPSA) is 29.1 Å². The maximum Gasteiger partial charge on any atom is 0.131 e. The molecule has 1 atom stereocenters. The van der Waals surface area contributed by atoms with E-state index in [0.717, 1.165) is 6.42 Å². The number of carbonyl (C=O) groups is 1. The summed E-state index contributed by atoms with van der Waals surface area (Å²) < 4.78 is 0. The van der Waals surface area contributed by atoms with Crippen LogP contribution in [0.2, 0.25) is 0 Å². The van der Waals surface area contributed by atoms with Gasteiger partial charge in [-0.05, 0) is 26.3 Å². The lowest BCUT2D eigenvalue weighted by Crippen LogP contribution is -2.28. The van der Waals surface area contributed by atoms with E-state index in [9.17, 15) is 4.79 Å². The fourth-order valence-corrected chi connectivity index (χ4v) is 1.22. The summed E-state index contributed by atoms with van der Waals surface area (Å²) in [5.74, 6) is 0.928. The molecule has 0 aliphatic heterocycles. The summed E-state index contributed by atoms with van der Waals surface area (Å²) in [5.41, 5.74) is 0. The fraction of sp³-hybridized carbons (Fsp3) is 0.889. The van der Waals surface area contributed by atoms with E-state index in [0.29, 0.717) is 18.4 Å². The third kappa shape index (κ3) is 6.05. The van der Waals surface area contributed by atoms with E-state index in [1.807, 2.05) is 7.05 Å². The molecule has 0 fully saturated rings. The van der Waals surface area contributed by atoms with Crippen molar-refractivity contribution in [2.45, 2.75) is 39.7 Å². The molecule has 2 heteroatoms. The van der Waals surface area contributed by atoms with Crippen LogP contribution in [-0.2, 0) is 4.79 Å². The van der Waals surface area contributed by atoms with E-state index < -0.39 is 0 Å². The standard InChI is InChI=1S/C9H19NO/c1-7(2)5-9(10-4)6-8(3)11/h7,9-10H,5-6H2,1-4H3/t9-/m1/s1. The van der Waals surface area contributed by atoms with E-state index in [2.05, 4.69) is 19.2 Å². The maximum atomic E-state index is 10.8. The molecule has 1 N–H and O–H groups in total. The molecule has 0 unspecified atom stereocenters. The molecule has 0 bridgehead atoms. The summed E-state index contributed by atoms with van der Waals surface area (Å²) in [5, 5.41) is 3.14.